The molecule has 21 heavy (non-hydrogen) atoms. The summed E-state index contributed by atoms with van der Waals surface area (Å²) >= 11 is 0. The van der Waals surface area contributed by atoms with Crippen LogP contribution in [0.3, 0.4) is 0 Å². The van der Waals surface area contributed by atoms with Crippen LogP contribution >= 0.6 is 0 Å². The van der Waals surface area contributed by atoms with Crippen LogP contribution in [0.5, 0.6) is 11.5 Å². The van der Waals surface area contributed by atoms with Crippen LogP contribution in [0.1, 0.15) is 21.8 Å². The van der Waals surface area contributed by atoms with E-state index in [-0.39, 0.29) is 5.78 Å². The van der Waals surface area contributed by atoms with E-state index in [1.807, 2.05) is 0 Å². The SMILES string of the molecule is COc1ccc(C(=O)C(C#N)c2ccccc2OC)cc1. The van der Waals surface area contributed by atoms with Crippen molar-refractivity contribution in [1.29, 1.82) is 5.26 Å². The molecular formula is C17H15NO3. The first-order valence-corrected chi connectivity index (χ1v) is 6.42. The summed E-state index contributed by atoms with van der Waals surface area (Å²) in [6.07, 6.45) is 0. The van der Waals surface area contributed by atoms with Gasteiger partial charge in [-0.1, -0.05) is 18.2 Å². The Bertz CT molecular complexity index is 671. The number of nitrogens with zero attached hydrogens (tertiary/aromatic N) is 1. The van der Waals surface area contributed by atoms with Gasteiger partial charge in [0.25, 0.3) is 0 Å². The third kappa shape index (κ3) is 3.03. The van der Waals surface area contributed by atoms with Crippen LogP contribution in [-0.4, -0.2) is 20.0 Å². The van der Waals surface area contributed by atoms with Crippen LogP contribution in [0.2, 0.25) is 0 Å². The first-order chi connectivity index (χ1) is 10.2. The lowest BCUT2D eigenvalue weighted by Gasteiger charge is -2.13. The zero-order valence-electron chi connectivity index (χ0n) is 11.9. The fourth-order valence-electron chi connectivity index (χ4n) is 2.10. The predicted molar refractivity (Wildman–Crippen MR) is 78.7 cm³/mol. The van der Waals surface area contributed by atoms with Crippen LogP contribution in [0, 0.1) is 11.3 Å². The van der Waals surface area contributed by atoms with Crippen LogP contribution in [-0.2, 0) is 0 Å². The van der Waals surface area contributed by atoms with Gasteiger partial charge in [0.2, 0.25) is 0 Å². The number of hydrogen-bond donors (Lipinski definition) is 0. The monoisotopic (exact) mass is 281 g/mol. The lowest BCUT2D eigenvalue weighted by Crippen LogP contribution is -2.12. The van der Waals surface area contributed by atoms with Crippen molar-refractivity contribution in [3.63, 3.8) is 0 Å². The summed E-state index contributed by atoms with van der Waals surface area (Å²) in [6, 6.07) is 15.8. The number of carbonyl (C=O) groups is 1. The van der Waals surface area contributed by atoms with Gasteiger partial charge in [0.05, 0.1) is 20.3 Å². The average Bonchev–Trinajstić information content (AvgIpc) is 2.56. The molecule has 0 amide bonds. The summed E-state index contributed by atoms with van der Waals surface area (Å²) in [4.78, 5) is 12.5. The van der Waals surface area contributed by atoms with Crippen LogP contribution in [0.4, 0.5) is 0 Å². The summed E-state index contributed by atoms with van der Waals surface area (Å²) in [7, 11) is 3.08. The highest BCUT2D eigenvalue weighted by molar-refractivity contribution is 6.03. The minimum atomic E-state index is -0.894. The molecule has 0 aliphatic rings. The number of Topliss-reactive ketones (excluding diaryl/α,β-unsaturated/α-hetero) is 1. The maximum atomic E-state index is 12.5. The first-order valence-electron chi connectivity index (χ1n) is 6.42. The van der Waals surface area contributed by atoms with Crippen molar-refractivity contribution in [3.8, 4) is 17.6 Å². The molecular weight excluding hydrogens is 266 g/mol. The smallest absolute Gasteiger partial charge is 0.184 e. The van der Waals surface area contributed by atoms with E-state index in [1.54, 1.807) is 55.6 Å². The minimum absolute atomic E-state index is 0.260. The van der Waals surface area contributed by atoms with Gasteiger partial charge < -0.3 is 9.47 Å². The quantitative estimate of drug-likeness (QED) is 0.790. The van der Waals surface area contributed by atoms with E-state index in [0.717, 1.165) is 0 Å². The normalized spacial score (nSPS) is 11.3. The summed E-state index contributed by atoms with van der Waals surface area (Å²) in [5.41, 5.74) is 1.04. The van der Waals surface area contributed by atoms with Crippen molar-refractivity contribution in [2.45, 2.75) is 5.92 Å². The van der Waals surface area contributed by atoms with Gasteiger partial charge in [-0.05, 0) is 30.3 Å². The van der Waals surface area contributed by atoms with Crippen LogP contribution < -0.4 is 9.47 Å². The van der Waals surface area contributed by atoms with Gasteiger partial charge in [0, 0.05) is 11.1 Å². The van der Waals surface area contributed by atoms with Crippen molar-refractivity contribution < 1.29 is 14.3 Å². The summed E-state index contributed by atoms with van der Waals surface area (Å²) in [5.74, 6) is 0.0439. The molecule has 0 spiro atoms. The van der Waals surface area contributed by atoms with Crippen molar-refractivity contribution in [2.24, 2.45) is 0 Å². The average molecular weight is 281 g/mol. The molecule has 0 N–H and O–H groups in total. The second-order valence-corrected chi connectivity index (χ2v) is 4.40. The Labute approximate surface area is 123 Å². The Balaban J connectivity index is 2.36. The summed E-state index contributed by atoms with van der Waals surface area (Å²) < 4.78 is 10.3. The molecule has 106 valence electrons. The molecule has 0 aliphatic carbocycles. The molecule has 1 atom stereocenters. The van der Waals surface area contributed by atoms with Gasteiger partial charge in [-0.2, -0.15) is 5.26 Å². The molecule has 2 aromatic carbocycles. The fraction of sp³-hybridized carbons (Fsp3) is 0.176. The highest BCUT2D eigenvalue weighted by Gasteiger charge is 2.24. The van der Waals surface area contributed by atoms with E-state index in [4.69, 9.17) is 9.47 Å². The van der Waals surface area contributed by atoms with Gasteiger partial charge in [0.1, 0.15) is 17.4 Å². The minimum Gasteiger partial charge on any atom is -0.497 e. The van der Waals surface area contributed by atoms with Gasteiger partial charge in [-0.3, -0.25) is 4.79 Å². The number of carbonyl (C=O) groups excluding carboxylic acids is 1. The third-order valence-corrected chi connectivity index (χ3v) is 3.22. The number of nitriles is 1. The van der Waals surface area contributed by atoms with Crippen molar-refractivity contribution in [2.75, 3.05) is 14.2 Å². The van der Waals surface area contributed by atoms with Gasteiger partial charge in [0.15, 0.2) is 5.78 Å². The number of ketones is 1. The van der Waals surface area contributed by atoms with Gasteiger partial charge in [-0.25, -0.2) is 0 Å². The second kappa shape index (κ2) is 6.58. The van der Waals surface area contributed by atoms with Crippen molar-refractivity contribution >= 4 is 5.78 Å². The molecule has 0 heterocycles. The Morgan fingerprint density at radius 1 is 1.05 bits per heavy atom. The van der Waals surface area contributed by atoms with E-state index in [2.05, 4.69) is 6.07 Å². The highest BCUT2D eigenvalue weighted by atomic mass is 16.5. The van der Waals surface area contributed by atoms with E-state index in [0.29, 0.717) is 22.6 Å². The number of methoxy groups -OCH3 is 2. The molecule has 0 saturated heterocycles. The summed E-state index contributed by atoms with van der Waals surface area (Å²) in [6.45, 7) is 0. The molecule has 0 radical (unpaired) electrons. The topological polar surface area (TPSA) is 59.3 Å². The maximum absolute atomic E-state index is 12.5. The highest BCUT2D eigenvalue weighted by Crippen LogP contribution is 2.29. The number of ether oxygens (including phenoxy) is 2. The van der Waals surface area contributed by atoms with Crippen molar-refractivity contribution in [3.05, 3.63) is 59.7 Å². The molecule has 0 aromatic heterocycles. The Hall–Kier alpha value is -2.80. The lowest BCUT2D eigenvalue weighted by molar-refractivity contribution is 0.0978. The molecule has 0 saturated carbocycles. The van der Waals surface area contributed by atoms with E-state index >= 15 is 0 Å². The first kappa shape index (κ1) is 14.6. The Morgan fingerprint density at radius 2 is 1.71 bits per heavy atom. The largest absolute Gasteiger partial charge is 0.497 e. The molecule has 4 heteroatoms. The van der Waals surface area contributed by atoms with Gasteiger partial charge >= 0.3 is 0 Å². The molecule has 0 aliphatic heterocycles. The maximum Gasteiger partial charge on any atom is 0.184 e. The predicted octanol–water partition coefficient (Wildman–Crippen LogP) is 3.19. The second-order valence-electron chi connectivity index (χ2n) is 4.40. The standard InChI is InChI=1S/C17H15NO3/c1-20-13-9-7-12(8-10-13)17(19)15(11-18)14-5-3-4-6-16(14)21-2/h3-10,15H,1-2H3. The van der Waals surface area contributed by atoms with Crippen LogP contribution in [0.15, 0.2) is 48.5 Å². The van der Waals surface area contributed by atoms with E-state index in [9.17, 15) is 10.1 Å². The fourth-order valence-corrected chi connectivity index (χ4v) is 2.10. The molecule has 4 nitrogen and oxygen atoms in total. The Kier molecular flexibility index (Phi) is 4.57. The molecule has 0 fully saturated rings. The van der Waals surface area contributed by atoms with Crippen molar-refractivity contribution in [1.82, 2.24) is 0 Å². The third-order valence-electron chi connectivity index (χ3n) is 3.22. The van der Waals surface area contributed by atoms with Gasteiger partial charge in [-0.15, -0.1) is 0 Å². The molecule has 2 aromatic rings. The van der Waals surface area contributed by atoms with E-state index < -0.39 is 5.92 Å². The van der Waals surface area contributed by atoms with Crippen LogP contribution in [0.25, 0.3) is 0 Å². The number of para-hydroxylation sites is 1. The summed E-state index contributed by atoms with van der Waals surface area (Å²) in [5, 5.41) is 9.38. The lowest BCUT2D eigenvalue weighted by atomic mass is 9.91. The number of hydrogen-bond acceptors (Lipinski definition) is 4. The van der Waals surface area contributed by atoms with E-state index in [1.165, 1.54) is 7.11 Å². The molecule has 1 unspecified atom stereocenters. The number of rotatable bonds is 5. The number of benzene rings is 2. The Morgan fingerprint density at radius 3 is 2.29 bits per heavy atom. The zero-order chi connectivity index (χ0) is 15.2. The molecule has 0 bridgehead atoms. The zero-order valence-corrected chi connectivity index (χ0v) is 11.9. The molecule has 2 rings (SSSR count).